The first-order valence-corrected chi connectivity index (χ1v) is 19.8. The van der Waals surface area contributed by atoms with E-state index in [2.05, 4.69) is 20.6 Å². The molecule has 4 aromatic heterocycles. The fourth-order valence-electron chi connectivity index (χ4n) is 7.23. The number of phenols is 2. The minimum absolute atomic E-state index is 0.0250. The first-order valence-electron chi connectivity index (χ1n) is 19.8. The summed E-state index contributed by atoms with van der Waals surface area (Å²) >= 11 is 0. The Morgan fingerprint density at radius 2 is 1.11 bits per heavy atom. The quantitative estimate of drug-likeness (QED) is 0.121. The second-order valence-electron chi connectivity index (χ2n) is 14.7. The van der Waals surface area contributed by atoms with Gasteiger partial charge in [-0.2, -0.15) is 0 Å². The van der Waals surface area contributed by atoms with Gasteiger partial charge in [-0.3, -0.25) is 0 Å². The highest BCUT2D eigenvalue weighted by atomic mass is 16.7. The van der Waals surface area contributed by atoms with Crippen LogP contribution in [0.25, 0.3) is 33.3 Å². The van der Waals surface area contributed by atoms with Gasteiger partial charge in [0.25, 0.3) is 0 Å². The van der Waals surface area contributed by atoms with Crippen molar-refractivity contribution in [3.8, 4) is 22.9 Å². The summed E-state index contributed by atoms with van der Waals surface area (Å²) in [5.41, 5.74) is 1.97. The van der Waals surface area contributed by atoms with Crippen molar-refractivity contribution in [1.29, 1.82) is 0 Å². The van der Waals surface area contributed by atoms with Gasteiger partial charge in [-0.15, -0.1) is 10.2 Å². The Balaban J connectivity index is 0.973. The third-order valence-electron chi connectivity index (χ3n) is 10.3. The van der Waals surface area contributed by atoms with E-state index < -0.39 is 42.0 Å². The van der Waals surface area contributed by atoms with Gasteiger partial charge in [0, 0.05) is 30.0 Å². The average molecular weight is 857 g/mol. The molecule has 0 unspecified atom stereocenters. The predicted molar refractivity (Wildman–Crippen MR) is 222 cm³/mol. The number of fused-ring (bicyclic) bond motifs is 2. The highest BCUT2D eigenvalue weighted by molar-refractivity contribution is 5.80. The molecule has 5 heterocycles. The molecular formula is C45H40N6O12. The number of phenolic OH excluding ortho intramolecular Hbond substituents is 2. The monoisotopic (exact) mass is 856 g/mol. The van der Waals surface area contributed by atoms with Gasteiger partial charge in [-0.05, 0) is 47.5 Å². The predicted octanol–water partition coefficient (Wildman–Crippen LogP) is 5.12. The molecule has 0 saturated carbocycles. The smallest absolute Gasteiger partial charge is 0.362 e. The number of ether oxygens (including phenoxy) is 6. The van der Waals surface area contributed by atoms with E-state index in [4.69, 9.17) is 37.3 Å². The van der Waals surface area contributed by atoms with E-state index in [1.807, 2.05) is 60.7 Å². The van der Waals surface area contributed by atoms with Crippen molar-refractivity contribution in [2.45, 2.75) is 57.1 Å². The largest absolute Gasteiger partial charge is 0.508 e. The van der Waals surface area contributed by atoms with Crippen molar-refractivity contribution < 1.29 is 47.5 Å². The Hall–Kier alpha value is -7.06. The zero-order chi connectivity index (χ0) is 43.3. The fourth-order valence-corrected chi connectivity index (χ4v) is 7.23. The molecule has 8 aromatic rings. The number of hydrogen-bond acceptors (Lipinski definition) is 16. The van der Waals surface area contributed by atoms with E-state index in [0.29, 0.717) is 22.2 Å². The van der Waals surface area contributed by atoms with Crippen LogP contribution in [-0.4, -0.2) is 84.6 Å². The van der Waals surface area contributed by atoms with Crippen LogP contribution in [0, 0.1) is 0 Å². The zero-order valence-corrected chi connectivity index (χ0v) is 33.6. The van der Waals surface area contributed by atoms with Crippen molar-refractivity contribution in [3.63, 3.8) is 0 Å². The minimum Gasteiger partial charge on any atom is -0.508 e. The Morgan fingerprint density at radius 1 is 0.603 bits per heavy atom. The van der Waals surface area contributed by atoms with Crippen LogP contribution in [0.3, 0.4) is 0 Å². The van der Waals surface area contributed by atoms with Gasteiger partial charge in [0.05, 0.1) is 45.4 Å². The maximum absolute atomic E-state index is 13.0. The molecule has 5 atom stereocenters. The second kappa shape index (κ2) is 18.5. The third kappa shape index (κ3) is 9.41. The van der Waals surface area contributed by atoms with Crippen LogP contribution < -0.4 is 11.3 Å². The van der Waals surface area contributed by atoms with Crippen LogP contribution in [0.1, 0.15) is 22.5 Å². The molecule has 1 aliphatic rings. The van der Waals surface area contributed by atoms with Gasteiger partial charge in [-0.25, -0.2) is 19.0 Å². The van der Waals surface area contributed by atoms with Gasteiger partial charge in [0.15, 0.2) is 17.7 Å². The van der Waals surface area contributed by atoms with Crippen LogP contribution in [0.5, 0.6) is 11.5 Å². The number of rotatable bonds is 16. The van der Waals surface area contributed by atoms with Crippen LogP contribution >= 0.6 is 0 Å². The SMILES string of the molecule is CO[C@H]1O[C@H](COCc2cn(-c3cc4ccc(O)cc4oc3=O)nn2)[C@@H](OCc2cn(-c3cc4ccc(O)cc4oc3=O)nn2)[C@H](OCc2ccccc2)[C@H]1OCc1ccccc1. The Morgan fingerprint density at radius 3 is 1.65 bits per heavy atom. The number of benzene rings is 4. The van der Waals surface area contributed by atoms with Crippen LogP contribution in [0.4, 0.5) is 0 Å². The molecule has 18 nitrogen and oxygen atoms in total. The van der Waals surface area contributed by atoms with Gasteiger partial charge in [0.1, 0.15) is 58.5 Å². The molecule has 4 aromatic carbocycles. The van der Waals surface area contributed by atoms with E-state index in [9.17, 15) is 19.8 Å². The lowest BCUT2D eigenvalue weighted by atomic mass is 9.98. The molecule has 0 spiro atoms. The van der Waals surface area contributed by atoms with Crippen molar-refractivity contribution in [3.05, 3.63) is 165 Å². The lowest BCUT2D eigenvalue weighted by molar-refractivity contribution is -0.323. The molecule has 0 bridgehead atoms. The summed E-state index contributed by atoms with van der Waals surface area (Å²) in [5, 5.41) is 37.6. The van der Waals surface area contributed by atoms with E-state index in [-0.39, 0.29) is 67.1 Å². The molecule has 9 rings (SSSR count). The molecular weight excluding hydrogens is 817 g/mol. The number of aromatic hydroxyl groups is 2. The lowest BCUT2D eigenvalue weighted by Crippen LogP contribution is -2.61. The zero-order valence-electron chi connectivity index (χ0n) is 33.6. The number of methoxy groups -OCH3 is 1. The molecule has 0 radical (unpaired) electrons. The van der Waals surface area contributed by atoms with Crippen LogP contribution in [0.2, 0.25) is 0 Å². The van der Waals surface area contributed by atoms with Gasteiger partial charge in [0.2, 0.25) is 0 Å². The maximum atomic E-state index is 13.0. The minimum atomic E-state index is -0.909. The van der Waals surface area contributed by atoms with Gasteiger partial charge < -0.3 is 47.5 Å². The third-order valence-corrected chi connectivity index (χ3v) is 10.3. The van der Waals surface area contributed by atoms with Crippen molar-refractivity contribution >= 4 is 21.9 Å². The number of aromatic nitrogens is 6. The maximum Gasteiger partial charge on any atom is 0.362 e. The average Bonchev–Trinajstić information content (AvgIpc) is 3.97. The van der Waals surface area contributed by atoms with Crippen molar-refractivity contribution in [1.82, 2.24) is 30.0 Å². The number of nitrogens with zero attached hydrogens (tertiary/aromatic N) is 6. The van der Waals surface area contributed by atoms with Crippen molar-refractivity contribution in [2.24, 2.45) is 0 Å². The highest BCUT2D eigenvalue weighted by Gasteiger charge is 2.49. The number of hydrogen-bond donors (Lipinski definition) is 2. The molecule has 0 aliphatic carbocycles. The van der Waals surface area contributed by atoms with E-state index in [1.165, 1.54) is 40.7 Å². The van der Waals surface area contributed by atoms with Crippen molar-refractivity contribution in [2.75, 3.05) is 13.7 Å². The van der Waals surface area contributed by atoms with E-state index >= 15 is 0 Å². The molecule has 322 valence electrons. The Labute approximate surface area is 357 Å². The second-order valence-corrected chi connectivity index (χ2v) is 14.7. The molecule has 1 aliphatic heterocycles. The summed E-state index contributed by atoms with van der Waals surface area (Å²) in [6.45, 7) is 0.287. The normalized spacial score (nSPS) is 18.9. The Kier molecular flexibility index (Phi) is 12.1. The summed E-state index contributed by atoms with van der Waals surface area (Å²) in [4.78, 5) is 25.8. The summed E-state index contributed by atoms with van der Waals surface area (Å²) in [6.07, 6.45) is -1.02. The first kappa shape index (κ1) is 41.3. The Bertz CT molecular complexity index is 2940. The highest BCUT2D eigenvalue weighted by Crippen LogP contribution is 2.31. The van der Waals surface area contributed by atoms with E-state index in [0.717, 1.165) is 11.1 Å². The lowest BCUT2D eigenvalue weighted by Gasteiger charge is -2.45. The summed E-state index contributed by atoms with van der Waals surface area (Å²) in [6, 6.07) is 31.5. The molecule has 63 heavy (non-hydrogen) atoms. The van der Waals surface area contributed by atoms with Crippen LogP contribution in [-0.2, 0) is 54.8 Å². The first-order chi connectivity index (χ1) is 30.8. The van der Waals surface area contributed by atoms with Crippen LogP contribution in [0.15, 0.2) is 140 Å². The van der Waals surface area contributed by atoms with Gasteiger partial charge in [-0.1, -0.05) is 71.1 Å². The molecule has 18 heteroatoms. The molecule has 1 fully saturated rings. The molecule has 0 amide bonds. The summed E-state index contributed by atoms with van der Waals surface area (Å²) in [7, 11) is 1.52. The topological polar surface area (TPSA) is 218 Å². The van der Waals surface area contributed by atoms with E-state index in [1.54, 1.807) is 36.7 Å². The van der Waals surface area contributed by atoms with Gasteiger partial charge >= 0.3 is 11.3 Å². The summed E-state index contributed by atoms with van der Waals surface area (Å²) < 4.78 is 51.9. The summed E-state index contributed by atoms with van der Waals surface area (Å²) in [5.74, 6) is -0.0631. The standard InChI is InChI=1S/C45H40N6O12/c1-56-45-42(59-23-28-10-6-3-7-11-28)41(58-22-27-8-4-2-5-9-27)40(60-25-32-21-51(49-47-32)36-17-30-13-15-34(53)19-38(30)62-44(36)55)39(63-45)26-57-24-31-20-50(48-46-31)35-16-29-12-14-33(52)18-37(29)61-43(35)54/h2-21,39-42,45,52-53H,22-26H2,1H3/t39-,40-,41+,42-,45+/m1/s1. The molecule has 2 N–H and O–H groups in total. The molecule has 1 saturated heterocycles. The fraction of sp³-hybridized carbons (Fsp3) is 0.244.